The quantitative estimate of drug-likeness (QED) is 0.439. The number of thioether (sulfide) groups is 1. The minimum absolute atomic E-state index is 0.210. The van der Waals surface area contributed by atoms with Crippen LogP contribution in [0.2, 0.25) is 0 Å². The fourth-order valence-electron chi connectivity index (χ4n) is 1.65. The van der Waals surface area contributed by atoms with Crippen LogP contribution < -0.4 is 0 Å². The van der Waals surface area contributed by atoms with Gasteiger partial charge in [0.15, 0.2) is 5.78 Å². The van der Waals surface area contributed by atoms with E-state index in [0.29, 0.717) is 6.42 Å². The molecule has 4 heteroatoms. The molecule has 1 aromatic carbocycles. The number of benzene rings is 1. The van der Waals surface area contributed by atoms with Crippen LogP contribution in [-0.4, -0.2) is 16.5 Å². The van der Waals surface area contributed by atoms with E-state index in [-0.39, 0.29) is 5.78 Å². The molecule has 0 amide bonds. The first-order chi connectivity index (χ1) is 9.27. The molecule has 98 valence electrons. The second-order valence-electron chi connectivity index (χ2n) is 4.03. The minimum atomic E-state index is 0.210. The molecule has 2 rings (SSSR count). The number of rotatable bonds is 6. The lowest BCUT2D eigenvalue weighted by atomic mass is 10.1. The standard InChI is InChI=1S/C15H14BrNOS/c16-13-8-4-10-17-15(13)19-11-5-9-14(18)12-6-2-1-3-7-12/h1-4,6-8,10H,5,9,11H2. The molecular formula is C15H14BrNOS. The summed E-state index contributed by atoms with van der Waals surface area (Å²) in [6.45, 7) is 0. The normalized spacial score (nSPS) is 10.4. The Kier molecular flexibility index (Phi) is 5.61. The molecular weight excluding hydrogens is 322 g/mol. The molecule has 0 fully saturated rings. The SMILES string of the molecule is O=C(CCCSc1ncccc1Br)c1ccccc1. The van der Waals surface area contributed by atoms with Crippen molar-refractivity contribution in [3.05, 3.63) is 58.7 Å². The van der Waals surface area contributed by atoms with Crippen molar-refractivity contribution in [1.29, 1.82) is 0 Å². The van der Waals surface area contributed by atoms with Crippen molar-refractivity contribution in [2.75, 3.05) is 5.75 Å². The van der Waals surface area contributed by atoms with Crippen LogP contribution in [0.3, 0.4) is 0 Å². The Balaban J connectivity index is 1.76. The molecule has 0 saturated carbocycles. The summed E-state index contributed by atoms with van der Waals surface area (Å²) < 4.78 is 1.01. The highest BCUT2D eigenvalue weighted by Crippen LogP contribution is 2.25. The highest BCUT2D eigenvalue weighted by Gasteiger charge is 2.05. The molecule has 19 heavy (non-hydrogen) atoms. The molecule has 1 heterocycles. The summed E-state index contributed by atoms with van der Waals surface area (Å²) in [6.07, 6.45) is 3.23. The second-order valence-corrected chi connectivity index (χ2v) is 5.97. The van der Waals surface area contributed by atoms with Gasteiger partial charge < -0.3 is 0 Å². The lowest BCUT2D eigenvalue weighted by Crippen LogP contribution is -1.99. The van der Waals surface area contributed by atoms with Gasteiger partial charge in [0.1, 0.15) is 5.03 Å². The Hall–Kier alpha value is -1.13. The maximum atomic E-state index is 11.9. The number of nitrogens with zero attached hydrogens (tertiary/aromatic N) is 1. The van der Waals surface area contributed by atoms with Gasteiger partial charge in [-0.05, 0) is 40.2 Å². The van der Waals surface area contributed by atoms with Crippen molar-refractivity contribution in [2.24, 2.45) is 0 Å². The zero-order valence-corrected chi connectivity index (χ0v) is 12.8. The van der Waals surface area contributed by atoms with Crippen molar-refractivity contribution < 1.29 is 4.79 Å². The van der Waals surface area contributed by atoms with E-state index in [4.69, 9.17) is 0 Å². The number of ketones is 1. The number of hydrogen-bond donors (Lipinski definition) is 0. The summed E-state index contributed by atoms with van der Waals surface area (Å²) in [4.78, 5) is 16.2. The number of carbonyl (C=O) groups is 1. The maximum Gasteiger partial charge on any atom is 0.162 e. The highest BCUT2D eigenvalue weighted by atomic mass is 79.9. The molecule has 0 aliphatic rings. The smallest absolute Gasteiger partial charge is 0.162 e. The van der Waals surface area contributed by atoms with E-state index in [9.17, 15) is 4.79 Å². The molecule has 0 unspecified atom stereocenters. The van der Waals surface area contributed by atoms with E-state index in [0.717, 1.165) is 27.2 Å². The summed E-state index contributed by atoms with van der Waals surface area (Å²) in [5.74, 6) is 1.11. The lowest BCUT2D eigenvalue weighted by molar-refractivity contribution is 0.0982. The van der Waals surface area contributed by atoms with Gasteiger partial charge >= 0.3 is 0 Å². The number of halogens is 1. The van der Waals surface area contributed by atoms with Gasteiger partial charge in [0.05, 0.1) is 0 Å². The molecule has 0 saturated heterocycles. The molecule has 0 aliphatic carbocycles. The van der Waals surface area contributed by atoms with Gasteiger partial charge in [-0.1, -0.05) is 30.3 Å². The van der Waals surface area contributed by atoms with Crippen LogP contribution in [0.1, 0.15) is 23.2 Å². The van der Waals surface area contributed by atoms with E-state index in [2.05, 4.69) is 20.9 Å². The molecule has 0 spiro atoms. The van der Waals surface area contributed by atoms with Crippen molar-refractivity contribution in [2.45, 2.75) is 17.9 Å². The third-order valence-electron chi connectivity index (χ3n) is 2.61. The van der Waals surface area contributed by atoms with Gasteiger partial charge in [-0.25, -0.2) is 4.98 Å². The fraction of sp³-hybridized carbons (Fsp3) is 0.200. The highest BCUT2D eigenvalue weighted by molar-refractivity contribution is 9.10. The first kappa shape index (κ1) is 14.3. The predicted molar refractivity (Wildman–Crippen MR) is 82.7 cm³/mol. The van der Waals surface area contributed by atoms with E-state index >= 15 is 0 Å². The molecule has 0 atom stereocenters. The molecule has 2 aromatic rings. The van der Waals surface area contributed by atoms with Crippen LogP contribution in [0.4, 0.5) is 0 Å². The summed E-state index contributed by atoms with van der Waals surface area (Å²) in [5.41, 5.74) is 0.798. The monoisotopic (exact) mass is 335 g/mol. The largest absolute Gasteiger partial charge is 0.294 e. The van der Waals surface area contributed by atoms with Crippen LogP contribution in [0, 0.1) is 0 Å². The average molecular weight is 336 g/mol. The lowest BCUT2D eigenvalue weighted by Gasteiger charge is -2.03. The zero-order valence-electron chi connectivity index (χ0n) is 10.4. The van der Waals surface area contributed by atoms with E-state index in [1.165, 1.54) is 0 Å². The molecule has 0 bridgehead atoms. The second kappa shape index (κ2) is 7.46. The Morgan fingerprint density at radius 2 is 1.95 bits per heavy atom. The first-order valence-corrected chi connectivity index (χ1v) is 7.87. The Bertz CT molecular complexity index is 545. The number of hydrogen-bond acceptors (Lipinski definition) is 3. The molecule has 1 aromatic heterocycles. The van der Waals surface area contributed by atoms with Gasteiger partial charge in [-0.2, -0.15) is 0 Å². The Morgan fingerprint density at radius 1 is 1.16 bits per heavy atom. The summed E-state index contributed by atoms with van der Waals surface area (Å²) in [7, 11) is 0. The van der Waals surface area contributed by atoms with E-state index < -0.39 is 0 Å². The predicted octanol–water partition coefficient (Wildman–Crippen LogP) is 4.60. The first-order valence-electron chi connectivity index (χ1n) is 6.09. The minimum Gasteiger partial charge on any atom is -0.294 e. The van der Waals surface area contributed by atoms with Gasteiger partial charge in [-0.3, -0.25) is 4.79 Å². The average Bonchev–Trinajstić information content (AvgIpc) is 2.46. The number of carbonyl (C=O) groups excluding carboxylic acids is 1. The van der Waals surface area contributed by atoms with Crippen LogP contribution >= 0.6 is 27.7 Å². The van der Waals surface area contributed by atoms with Crippen LogP contribution in [0.15, 0.2) is 58.2 Å². The zero-order chi connectivity index (χ0) is 13.5. The van der Waals surface area contributed by atoms with Crippen LogP contribution in [0.5, 0.6) is 0 Å². The van der Waals surface area contributed by atoms with Crippen LogP contribution in [0.25, 0.3) is 0 Å². The van der Waals surface area contributed by atoms with Gasteiger partial charge in [-0.15, -0.1) is 11.8 Å². The van der Waals surface area contributed by atoms with E-state index in [1.807, 2.05) is 42.5 Å². The number of aromatic nitrogens is 1. The summed E-state index contributed by atoms with van der Waals surface area (Å²) >= 11 is 5.14. The molecule has 0 radical (unpaired) electrons. The Morgan fingerprint density at radius 3 is 2.68 bits per heavy atom. The van der Waals surface area contributed by atoms with Crippen molar-refractivity contribution in [1.82, 2.24) is 4.98 Å². The summed E-state index contributed by atoms with van der Waals surface area (Å²) in [6, 6.07) is 13.3. The van der Waals surface area contributed by atoms with Crippen molar-refractivity contribution in [3.63, 3.8) is 0 Å². The third-order valence-corrected chi connectivity index (χ3v) is 4.60. The summed E-state index contributed by atoms with van der Waals surface area (Å²) in [5, 5.41) is 0.981. The fourth-order valence-corrected chi connectivity index (χ4v) is 3.07. The topological polar surface area (TPSA) is 30.0 Å². The number of Topliss-reactive ketones (excluding diaryl/α,β-unsaturated/α-hetero) is 1. The van der Waals surface area contributed by atoms with Gasteiger partial charge in [0, 0.05) is 22.7 Å². The van der Waals surface area contributed by atoms with Gasteiger partial charge in [0.25, 0.3) is 0 Å². The number of pyridine rings is 1. The molecule has 0 aliphatic heterocycles. The van der Waals surface area contributed by atoms with Crippen molar-refractivity contribution in [3.8, 4) is 0 Å². The molecule has 0 N–H and O–H groups in total. The van der Waals surface area contributed by atoms with E-state index in [1.54, 1.807) is 18.0 Å². The maximum absolute atomic E-state index is 11.9. The molecule has 2 nitrogen and oxygen atoms in total. The Labute approximate surface area is 125 Å². The van der Waals surface area contributed by atoms with Crippen molar-refractivity contribution >= 4 is 33.5 Å². The van der Waals surface area contributed by atoms with Crippen LogP contribution in [-0.2, 0) is 0 Å². The third kappa shape index (κ3) is 4.48. The van der Waals surface area contributed by atoms with Gasteiger partial charge in [0.2, 0.25) is 0 Å².